The van der Waals surface area contributed by atoms with E-state index in [1.165, 1.54) is 12.1 Å². The largest absolute Gasteiger partial charge is 0.381 e. The Morgan fingerprint density at radius 3 is 1.94 bits per heavy atom. The van der Waals surface area contributed by atoms with Gasteiger partial charge < -0.3 is 34.6 Å². The van der Waals surface area contributed by atoms with Gasteiger partial charge in [0.15, 0.2) is 5.11 Å². The van der Waals surface area contributed by atoms with Crippen LogP contribution in [0.15, 0.2) is 30.3 Å². The fraction of sp³-hybridized carbons (Fsp3) is 0.560. The van der Waals surface area contributed by atoms with Gasteiger partial charge in [-0.05, 0) is 42.8 Å². The molecule has 3 fully saturated rings. The molecule has 36 heavy (non-hydrogen) atoms. The maximum absolute atomic E-state index is 13.6. The molecule has 3 aliphatic heterocycles. The van der Waals surface area contributed by atoms with Crippen LogP contribution in [0, 0.1) is 5.82 Å². The summed E-state index contributed by atoms with van der Waals surface area (Å²) >= 11 is 5.66. The zero-order valence-corrected chi connectivity index (χ0v) is 21.2. The second kappa shape index (κ2) is 11.6. The van der Waals surface area contributed by atoms with Crippen molar-refractivity contribution >= 4 is 34.9 Å². The number of hydrogen-bond donors (Lipinski definition) is 2. The Morgan fingerprint density at radius 2 is 1.39 bits per heavy atom. The lowest BCUT2D eigenvalue weighted by Crippen LogP contribution is -2.45. The molecule has 194 valence electrons. The lowest BCUT2D eigenvalue weighted by atomic mass is 9.74. The maximum atomic E-state index is 13.6. The molecule has 0 atom stereocenters. The van der Waals surface area contributed by atoms with Crippen LogP contribution in [-0.4, -0.2) is 87.4 Å². The Bertz CT molecular complexity index is 989. The molecule has 5 rings (SSSR count). The average Bonchev–Trinajstić information content (AvgIpc) is 2.93. The third-order valence-corrected chi connectivity index (χ3v) is 7.33. The summed E-state index contributed by atoms with van der Waals surface area (Å²) in [6.07, 6.45) is 1.66. The minimum atomic E-state index is -0.237. The van der Waals surface area contributed by atoms with Crippen molar-refractivity contribution in [2.45, 2.75) is 18.3 Å². The second-order valence-corrected chi connectivity index (χ2v) is 9.72. The van der Waals surface area contributed by atoms with E-state index < -0.39 is 0 Å². The summed E-state index contributed by atoms with van der Waals surface area (Å²) in [5, 5.41) is 7.04. The van der Waals surface area contributed by atoms with Crippen molar-refractivity contribution in [1.29, 1.82) is 0 Å². The molecule has 1 aromatic heterocycles. The van der Waals surface area contributed by atoms with Crippen LogP contribution in [-0.2, 0) is 19.6 Å². The van der Waals surface area contributed by atoms with E-state index in [-0.39, 0.29) is 11.2 Å². The lowest BCUT2D eigenvalue weighted by molar-refractivity contribution is 0.0515. The average molecular weight is 517 g/mol. The first-order valence-electron chi connectivity index (χ1n) is 12.5. The van der Waals surface area contributed by atoms with E-state index >= 15 is 0 Å². The van der Waals surface area contributed by atoms with E-state index in [4.69, 9.17) is 36.4 Å². The van der Waals surface area contributed by atoms with Crippen molar-refractivity contribution in [2.24, 2.45) is 0 Å². The van der Waals surface area contributed by atoms with Crippen LogP contribution in [0.5, 0.6) is 0 Å². The van der Waals surface area contributed by atoms with Gasteiger partial charge in [-0.25, -0.2) is 4.39 Å². The van der Waals surface area contributed by atoms with Crippen molar-refractivity contribution in [3.8, 4) is 0 Å². The summed E-state index contributed by atoms with van der Waals surface area (Å²) < 4.78 is 30.2. The van der Waals surface area contributed by atoms with E-state index in [0.717, 1.165) is 56.2 Å². The number of thiocarbonyl (C=S) groups is 1. The molecule has 3 saturated heterocycles. The molecule has 4 heterocycles. The molecule has 0 saturated carbocycles. The first-order valence-corrected chi connectivity index (χ1v) is 13.0. The van der Waals surface area contributed by atoms with Gasteiger partial charge >= 0.3 is 0 Å². The number of benzene rings is 1. The molecular formula is C25H33FN6O3S. The number of rotatable bonds is 6. The standard InChI is InChI=1S/C25H33FN6O3S/c26-20-3-1-19(2-4-20)25(5-11-33-12-6-25)18-27-24(36)30-23-28-21(31-7-13-34-14-8-31)17-22(29-23)32-9-15-35-16-10-32/h1-4,17H,5-16,18H2,(H2,27,28,29,30,36). The SMILES string of the molecule is Fc1ccc(C2(CNC(=S)Nc3nc(N4CCOCC4)cc(N4CCOCC4)n3)CCOCC2)cc1. The number of nitrogens with one attached hydrogen (secondary N) is 2. The van der Waals surface area contributed by atoms with Gasteiger partial charge in [-0.15, -0.1) is 0 Å². The summed E-state index contributed by atoms with van der Waals surface area (Å²) in [6.45, 7) is 7.75. The van der Waals surface area contributed by atoms with Gasteiger partial charge in [0.1, 0.15) is 17.5 Å². The normalized spacial score (nSPS) is 20.1. The van der Waals surface area contributed by atoms with Crippen molar-refractivity contribution < 1.29 is 18.6 Å². The van der Waals surface area contributed by atoms with Crippen molar-refractivity contribution in [1.82, 2.24) is 15.3 Å². The molecule has 2 N–H and O–H groups in total. The number of hydrogen-bond acceptors (Lipinski definition) is 8. The quantitative estimate of drug-likeness (QED) is 0.558. The zero-order chi connectivity index (χ0) is 24.8. The molecule has 2 aromatic rings. The van der Waals surface area contributed by atoms with E-state index in [9.17, 15) is 4.39 Å². The van der Waals surface area contributed by atoms with Crippen LogP contribution in [0.2, 0.25) is 0 Å². The predicted octanol–water partition coefficient (Wildman–Crippen LogP) is 2.32. The summed E-state index contributed by atoms with van der Waals surface area (Å²) in [4.78, 5) is 14.0. The van der Waals surface area contributed by atoms with Gasteiger partial charge in [-0.3, -0.25) is 0 Å². The highest BCUT2D eigenvalue weighted by Crippen LogP contribution is 2.34. The first-order chi connectivity index (χ1) is 17.6. The summed E-state index contributed by atoms with van der Waals surface area (Å²) in [7, 11) is 0. The Morgan fingerprint density at radius 1 is 0.861 bits per heavy atom. The van der Waals surface area contributed by atoms with Gasteiger partial charge in [0.25, 0.3) is 0 Å². The predicted molar refractivity (Wildman–Crippen MR) is 140 cm³/mol. The smallest absolute Gasteiger partial charge is 0.232 e. The monoisotopic (exact) mass is 516 g/mol. The van der Waals surface area contributed by atoms with Crippen LogP contribution in [0.25, 0.3) is 0 Å². The zero-order valence-electron chi connectivity index (χ0n) is 20.4. The van der Waals surface area contributed by atoms with Gasteiger partial charge in [-0.2, -0.15) is 9.97 Å². The minimum Gasteiger partial charge on any atom is -0.381 e. The molecule has 1 aromatic carbocycles. The van der Waals surface area contributed by atoms with Crippen LogP contribution in [0.1, 0.15) is 18.4 Å². The highest BCUT2D eigenvalue weighted by atomic mass is 32.1. The van der Waals surface area contributed by atoms with E-state index in [0.29, 0.717) is 57.2 Å². The Kier molecular flexibility index (Phi) is 8.10. The summed E-state index contributed by atoms with van der Waals surface area (Å²) in [5.41, 5.74) is 0.898. The van der Waals surface area contributed by atoms with Crippen molar-refractivity contribution in [2.75, 3.05) is 87.5 Å². The van der Waals surface area contributed by atoms with Gasteiger partial charge in [0.2, 0.25) is 5.95 Å². The Hall–Kier alpha value is -2.60. The molecule has 0 unspecified atom stereocenters. The van der Waals surface area contributed by atoms with E-state index in [2.05, 4.69) is 20.4 Å². The number of aromatic nitrogens is 2. The Balaban J connectivity index is 1.31. The molecular weight excluding hydrogens is 483 g/mol. The number of anilines is 3. The van der Waals surface area contributed by atoms with Gasteiger partial charge in [0, 0.05) is 57.4 Å². The van der Waals surface area contributed by atoms with Gasteiger partial charge in [0.05, 0.1) is 26.4 Å². The van der Waals surface area contributed by atoms with Crippen LogP contribution in [0.3, 0.4) is 0 Å². The molecule has 9 nitrogen and oxygen atoms in total. The molecule has 0 aliphatic carbocycles. The lowest BCUT2D eigenvalue weighted by Gasteiger charge is -2.38. The van der Waals surface area contributed by atoms with Crippen molar-refractivity contribution in [3.05, 3.63) is 41.7 Å². The van der Waals surface area contributed by atoms with Crippen LogP contribution in [0.4, 0.5) is 22.0 Å². The molecule has 11 heteroatoms. The number of morpholine rings is 2. The highest BCUT2D eigenvalue weighted by molar-refractivity contribution is 7.80. The summed E-state index contributed by atoms with van der Waals surface area (Å²) in [6, 6.07) is 8.79. The van der Waals surface area contributed by atoms with E-state index in [1.807, 2.05) is 18.2 Å². The minimum absolute atomic E-state index is 0.187. The van der Waals surface area contributed by atoms with E-state index in [1.54, 1.807) is 0 Å². The third-order valence-electron chi connectivity index (χ3n) is 7.09. The number of ether oxygens (including phenoxy) is 3. The summed E-state index contributed by atoms with van der Waals surface area (Å²) in [5.74, 6) is 1.93. The topological polar surface area (TPSA) is 84.0 Å². The first kappa shape index (κ1) is 25.1. The fourth-order valence-corrected chi connectivity index (χ4v) is 5.08. The molecule has 0 bridgehead atoms. The molecule has 3 aliphatic rings. The number of nitrogens with zero attached hydrogens (tertiary/aromatic N) is 4. The number of halogens is 1. The van der Waals surface area contributed by atoms with Crippen molar-refractivity contribution in [3.63, 3.8) is 0 Å². The van der Waals surface area contributed by atoms with Crippen LogP contribution >= 0.6 is 12.2 Å². The fourth-order valence-electron chi connectivity index (χ4n) is 4.92. The molecule has 0 spiro atoms. The highest BCUT2D eigenvalue weighted by Gasteiger charge is 2.34. The van der Waals surface area contributed by atoms with Gasteiger partial charge in [-0.1, -0.05) is 12.1 Å². The maximum Gasteiger partial charge on any atom is 0.232 e. The van der Waals surface area contributed by atoms with Crippen LogP contribution < -0.4 is 20.4 Å². The second-order valence-electron chi connectivity index (χ2n) is 9.31. The Labute approximate surface area is 216 Å². The molecule has 0 radical (unpaired) electrons. The molecule has 0 amide bonds. The third kappa shape index (κ3) is 6.03.